The maximum Gasteiger partial charge on any atom is 0.416 e. The molecule has 0 fully saturated rings. The lowest BCUT2D eigenvalue weighted by Gasteiger charge is -2.15. The van der Waals surface area contributed by atoms with E-state index in [2.05, 4.69) is 10.6 Å². The number of carbonyl (C=O) groups is 2. The van der Waals surface area contributed by atoms with Crippen molar-refractivity contribution in [2.24, 2.45) is 0 Å². The van der Waals surface area contributed by atoms with Gasteiger partial charge in [0.25, 0.3) is 17.3 Å². The number of nitrogens with zero attached hydrogens (tertiary/aromatic N) is 2. The fourth-order valence-corrected chi connectivity index (χ4v) is 2.46. The Labute approximate surface area is 177 Å². The Kier molecular flexibility index (Phi) is 7.30. The van der Waals surface area contributed by atoms with Crippen LogP contribution in [-0.4, -0.2) is 34.4 Å². The fraction of sp³-hybridized carbons (Fsp3) is 0.222. The van der Waals surface area contributed by atoms with Crippen molar-refractivity contribution in [1.82, 2.24) is 0 Å². The first-order valence-corrected chi connectivity index (χ1v) is 8.72. The van der Waals surface area contributed by atoms with Gasteiger partial charge >= 0.3 is 12.1 Å². The molecule has 0 aliphatic heterocycles. The molecule has 0 saturated carbocycles. The van der Waals surface area contributed by atoms with Crippen molar-refractivity contribution in [1.29, 1.82) is 0 Å². The number of hydrogen-bond acceptors (Lipinski definition) is 8. The number of nitro benzene ring substituents is 2. The minimum absolute atomic E-state index is 0.120. The molecule has 2 rings (SSSR count). The highest BCUT2D eigenvalue weighted by molar-refractivity contribution is 5.95. The molecule has 1 atom stereocenters. The van der Waals surface area contributed by atoms with Gasteiger partial charge in [-0.15, -0.1) is 0 Å². The highest BCUT2D eigenvalue weighted by Crippen LogP contribution is 2.35. The van der Waals surface area contributed by atoms with Crippen LogP contribution in [0.3, 0.4) is 0 Å². The van der Waals surface area contributed by atoms with Crippen LogP contribution < -0.4 is 10.6 Å². The first kappa shape index (κ1) is 24.0. The molecule has 14 heteroatoms. The number of carbonyl (C=O) groups excluding carboxylic acids is 2. The number of nitro groups is 2. The van der Waals surface area contributed by atoms with E-state index in [-0.39, 0.29) is 17.1 Å². The molecule has 0 aliphatic rings. The van der Waals surface area contributed by atoms with E-state index in [1.165, 1.54) is 25.1 Å². The molecule has 2 aromatic rings. The van der Waals surface area contributed by atoms with Crippen LogP contribution in [0.15, 0.2) is 42.5 Å². The normalized spacial score (nSPS) is 11.9. The van der Waals surface area contributed by atoms with Gasteiger partial charge in [-0.05, 0) is 25.1 Å². The topological polar surface area (TPSA) is 154 Å². The van der Waals surface area contributed by atoms with E-state index in [0.717, 1.165) is 12.1 Å². The molecule has 0 radical (unpaired) electrons. The summed E-state index contributed by atoms with van der Waals surface area (Å²) in [5.74, 6) is -1.93. The van der Waals surface area contributed by atoms with Crippen LogP contribution >= 0.6 is 0 Å². The van der Waals surface area contributed by atoms with Crippen LogP contribution in [0.1, 0.15) is 12.5 Å². The van der Waals surface area contributed by atoms with Crippen LogP contribution in [0.4, 0.5) is 35.9 Å². The van der Waals surface area contributed by atoms with Crippen LogP contribution in [0.5, 0.6) is 0 Å². The Morgan fingerprint density at radius 1 is 1.03 bits per heavy atom. The number of esters is 1. The van der Waals surface area contributed by atoms with Crippen LogP contribution in [0.25, 0.3) is 0 Å². The Bertz CT molecular complexity index is 1060. The van der Waals surface area contributed by atoms with E-state index >= 15 is 0 Å². The minimum Gasteiger partial charge on any atom is -0.454 e. The number of hydrogen-bond donors (Lipinski definition) is 2. The third-order valence-electron chi connectivity index (χ3n) is 3.97. The second-order valence-electron chi connectivity index (χ2n) is 6.28. The van der Waals surface area contributed by atoms with Crippen molar-refractivity contribution >= 4 is 34.6 Å². The average Bonchev–Trinajstić information content (AvgIpc) is 2.71. The summed E-state index contributed by atoms with van der Waals surface area (Å²) in [6.07, 6.45) is -4.80. The lowest BCUT2D eigenvalue weighted by atomic mass is 10.1. The van der Waals surface area contributed by atoms with Crippen molar-refractivity contribution in [3.63, 3.8) is 0 Å². The van der Waals surface area contributed by atoms with E-state index in [1.807, 2.05) is 0 Å². The summed E-state index contributed by atoms with van der Waals surface area (Å²) in [6.45, 7) is 0.385. The Hall–Kier alpha value is -4.23. The third kappa shape index (κ3) is 6.13. The molecular formula is C18H15F3N4O7. The van der Waals surface area contributed by atoms with Gasteiger partial charge < -0.3 is 15.4 Å². The number of anilines is 2. The highest BCUT2D eigenvalue weighted by atomic mass is 19.4. The Morgan fingerprint density at radius 3 is 2.25 bits per heavy atom. The predicted octanol–water partition coefficient (Wildman–Crippen LogP) is 3.50. The summed E-state index contributed by atoms with van der Waals surface area (Å²) in [5.41, 5.74) is -3.01. The number of halogens is 3. The molecule has 0 heterocycles. The van der Waals surface area contributed by atoms with E-state index in [9.17, 15) is 43.0 Å². The zero-order chi connectivity index (χ0) is 24.1. The first-order chi connectivity index (χ1) is 14.9. The van der Waals surface area contributed by atoms with Crippen molar-refractivity contribution in [3.8, 4) is 0 Å². The summed E-state index contributed by atoms with van der Waals surface area (Å²) in [6, 6.07) is 5.71. The fourth-order valence-electron chi connectivity index (χ4n) is 2.46. The zero-order valence-corrected chi connectivity index (χ0v) is 16.2. The number of nitrogens with one attached hydrogen (secondary N) is 2. The minimum atomic E-state index is -4.80. The van der Waals surface area contributed by atoms with Crippen LogP contribution in [0.2, 0.25) is 0 Å². The van der Waals surface area contributed by atoms with Gasteiger partial charge in [0, 0.05) is 12.1 Å². The molecule has 2 aromatic carbocycles. The first-order valence-electron chi connectivity index (χ1n) is 8.72. The molecule has 0 saturated heterocycles. The molecule has 2 N–H and O–H groups in total. The molecule has 0 aromatic heterocycles. The summed E-state index contributed by atoms with van der Waals surface area (Å²) in [7, 11) is 0. The van der Waals surface area contributed by atoms with E-state index in [0.29, 0.717) is 12.1 Å². The monoisotopic (exact) mass is 456 g/mol. The number of amides is 1. The zero-order valence-electron chi connectivity index (χ0n) is 16.2. The lowest BCUT2D eigenvalue weighted by Crippen LogP contribution is -2.31. The molecule has 0 bridgehead atoms. The molecule has 11 nitrogen and oxygen atoms in total. The number of rotatable bonds is 8. The van der Waals surface area contributed by atoms with Crippen molar-refractivity contribution in [3.05, 3.63) is 68.3 Å². The molecule has 170 valence electrons. The van der Waals surface area contributed by atoms with Gasteiger partial charge in [-0.3, -0.25) is 25.0 Å². The number of alkyl halides is 3. The molecule has 0 aliphatic carbocycles. The van der Waals surface area contributed by atoms with Gasteiger partial charge in [-0.25, -0.2) is 4.79 Å². The van der Waals surface area contributed by atoms with Gasteiger partial charge in [0.05, 0.1) is 15.4 Å². The third-order valence-corrected chi connectivity index (χ3v) is 3.97. The van der Waals surface area contributed by atoms with Gasteiger partial charge in [0.2, 0.25) is 0 Å². The molecule has 1 amide bonds. The lowest BCUT2D eigenvalue weighted by molar-refractivity contribution is -0.384. The second kappa shape index (κ2) is 9.72. The number of benzene rings is 2. The molecule has 32 heavy (non-hydrogen) atoms. The second-order valence-corrected chi connectivity index (χ2v) is 6.28. The maximum absolute atomic E-state index is 12.8. The van der Waals surface area contributed by atoms with E-state index < -0.39 is 51.8 Å². The summed E-state index contributed by atoms with van der Waals surface area (Å²) < 4.78 is 43.0. The molecule has 0 unspecified atom stereocenters. The predicted molar refractivity (Wildman–Crippen MR) is 104 cm³/mol. The summed E-state index contributed by atoms with van der Waals surface area (Å²) in [4.78, 5) is 44.3. The van der Waals surface area contributed by atoms with E-state index in [4.69, 9.17) is 4.74 Å². The average molecular weight is 456 g/mol. The van der Waals surface area contributed by atoms with Gasteiger partial charge in [0.1, 0.15) is 17.4 Å². The molecular weight excluding hydrogens is 441 g/mol. The quantitative estimate of drug-likeness (QED) is 0.348. The smallest absolute Gasteiger partial charge is 0.416 e. The van der Waals surface area contributed by atoms with Crippen molar-refractivity contribution < 1.29 is 37.3 Å². The van der Waals surface area contributed by atoms with Crippen LogP contribution in [0, 0.1) is 20.2 Å². The van der Waals surface area contributed by atoms with Gasteiger partial charge in [-0.2, -0.15) is 13.2 Å². The molecule has 0 spiro atoms. The highest BCUT2D eigenvalue weighted by Gasteiger charge is 2.33. The number of para-hydroxylation sites is 2. The summed E-state index contributed by atoms with van der Waals surface area (Å²) in [5, 5.41) is 26.6. The number of ether oxygens (including phenoxy) is 1. The Balaban J connectivity index is 2.01. The largest absolute Gasteiger partial charge is 0.454 e. The van der Waals surface area contributed by atoms with Crippen LogP contribution in [-0.2, 0) is 20.5 Å². The summed E-state index contributed by atoms with van der Waals surface area (Å²) >= 11 is 0. The van der Waals surface area contributed by atoms with Gasteiger partial charge in [-0.1, -0.05) is 12.1 Å². The van der Waals surface area contributed by atoms with Crippen molar-refractivity contribution in [2.45, 2.75) is 19.1 Å². The standard InChI is InChI=1S/C18H15F3N4O7/c1-10(22-13-7-6-11(18(19,20)21)8-15(13)25(30)31)17(27)32-9-16(26)23-12-4-2-3-5-14(12)24(28)29/h2-8,10,22H,9H2,1H3,(H,23,26)/t10-/m0/s1. The SMILES string of the molecule is C[C@H](Nc1ccc(C(F)(F)F)cc1[N+](=O)[O-])C(=O)OCC(=O)Nc1ccccc1[N+](=O)[O-]. The van der Waals surface area contributed by atoms with Crippen molar-refractivity contribution in [2.75, 3.05) is 17.2 Å². The van der Waals surface area contributed by atoms with Gasteiger partial charge in [0.15, 0.2) is 6.61 Å². The van der Waals surface area contributed by atoms with E-state index in [1.54, 1.807) is 0 Å². The maximum atomic E-state index is 12.8. The Morgan fingerprint density at radius 2 is 1.66 bits per heavy atom.